The van der Waals surface area contributed by atoms with Gasteiger partial charge in [0.25, 0.3) is 0 Å². The van der Waals surface area contributed by atoms with Crippen molar-refractivity contribution in [2.24, 2.45) is 5.73 Å². The van der Waals surface area contributed by atoms with E-state index in [-0.39, 0.29) is 0 Å². The van der Waals surface area contributed by atoms with Crippen LogP contribution in [0, 0.1) is 6.92 Å². The average Bonchev–Trinajstić information content (AvgIpc) is 2.46. The van der Waals surface area contributed by atoms with Gasteiger partial charge in [-0.05, 0) is 55.2 Å². The SMILES string of the molecule is Cc1ccc(C(/C=C\N)=C/CC2=CCCC=C2)cc1. The number of nitrogens with two attached hydrogens (primary N) is 1. The van der Waals surface area contributed by atoms with E-state index in [1.807, 2.05) is 6.08 Å². The smallest absolute Gasteiger partial charge is 0.00563 e. The molecule has 0 spiro atoms. The molecule has 0 radical (unpaired) electrons. The molecule has 0 saturated heterocycles. The van der Waals surface area contributed by atoms with Crippen molar-refractivity contribution in [1.29, 1.82) is 0 Å². The topological polar surface area (TPSA) is 26.0 Å². The molecule has 0 heterocycles. The van der Waals surface area contributed by atoms with Crippen LogP contribution in [0.3, 0.4) is 0 Å². The van der Waals surface area contributed by atoms with E-state index in [1.54, 1.807) is 6.20 Å². The minimum Gasteiger partial charge on any atom is -0.405 e. The molecule has 0 fully saturated rings. The fourth-order valence-corrected chi connectivity index (χ4v) is 2.18. The lowest BCUT2D eigenvalue weighted by Crippen LogP contribution is -1.87. The van der Waals surface area contributed by atoms with Crippen molar-refractivity contribution in [3.8, 4) is 0 Å². The largest absolute Gasteiger partial charge is 0.405 e. The van der Waals surface area contributed by atoms with Gasteiger partial charge in [-0.2, -0.15) is 0 Å². The first-order chi connectivity index (χ1) is 9.29. The van der Waals surface area contributed by atoms with Gasteiger partial charge >= 0.3 is 0 Å². The van der Waals surface area contributed by atoms with Gasteiger partial charge in [0.1, 0.15) is 0 Å². The molecule has 19 heavy (non-hydrogen) atoms. The van der Waals surface area contributed by atoms with E-state index in [4.69, 9.17) is 5.73 Å². The second-order valence-electron chi connectivity index (χ2n) is 4.85. The van der Waals surface area contributed by atoms with Crippen LogP contribution in [0.1, 0.15) is 30.4 Å². The number of hydrogen-bond acceptors (Lipinski definition) is 1. The van der Waals surface area contributed by atoms with Crippen LogP contribution < -0.4 is 5.73 Å². The van der Waals surface area contributed by atoms with E-state index in [2.05, 4.69) is 55.5 Å². The molecule has 1 aromatic carbocycles. The lowest BCUT2D eigenvalue weighted by Gasteiger charge is -2.07. The zero-order chi connectivity index (χ0) is 13.5. The maximum Gasteiger partial charge on any atom is -0.00563 e. The second-order valence-corrected chi connectivity index (χ2v) is 4.85. The van der Waals surface area contributed by atoms with Crippen molar-refractivity contribution < 1.29 is 0 Å². The highest BCUT2D eigenvalue weighted by molar-refractivity contribution is 5.74. The summed E-state index contributed by atoms with van der Waals surface area (Å²) in [6, 6.07) is 8.55. The van der Waals surface area contributed by atoms with Crippen molar-refractivity contribution in [2.45, 2.75) is 26.2 Å². The monoisotopic (exact) mass is 251 g/mol. The Hall–Kier alpha value is -2.02. The number of benzene rings is 1. The van der Waals surface area contributed by atoms with Gasteiger partial charge in [0.2, 0.25) is 0 Å². The molecular formula is C18H21N. The highest BCUT2D eigenvalue weighted by atomic mass is 14.5. The molecule has 2 N–H and O–H groups in total. The maximum atomic E-state index is 5.56. The molecule has 0 aromatic heterocycles. The predicted molar refractivity (Wildman–Crippen MR) is 83.6 cm³/mol. The summed E-state index contributed by atoms with van der Waals surface area (Å²) in [4.78, 5) is 0. The van der Waals surface area contributed by atoms with Gasteiger partial charge in [-0.1, -0.05) is 54.1 Å². The Bertz CT molecular complexity index is 527. The third-order valence-electron chi connectivity index (χ3n) is 3.29. The quantitative estimate of drug-likeness (QED) is 0.782. The van der Waals surface area contributed by atoms with E-state index in [0.717, 1.165) is 12.8 Å². The zero-order valence-corrected chi connectivity index (χ0v) is 11.5. The fraction of sp³-hybridized carbons (Fsp3) is 0.222. The molecule has 1 aliphatic rings. The third kappa shape index (κ3) is 3.99. The number of allylic oxidation sites excluding steroid dienone is 7. The first-order valence-corrected chi connectivity index (χ1v) is 6.80. The number of aryl methyl sites for hydroxylation is 1. The molecule has 1 aromatic rings. The van der Waals surface area contributed by atoms with Crippen LogP contribution in [-0.4, -0.2) is 0 Å². The van der Waals surface area contributed by atoms with E-state index in [0.29, 0.717) is 0 Å². The van der Waals surface area contributed by atoms with Crippen molar-refractivity contribution in [3.05, 3.63) is 77.5 Å². The summed E-state index contributed by atoms with van der Waals surface area (Å²) in [6.45, 7) is 2.10. The minimum atomic E-state index is 0.962. The fourth-order valence-electron chi connectivity index (χ4n) is 2.18. The van der Waals surface area contributed by atoms with Gasteiger partial charge < -0.3 is 5.73 Å². The van der Waals surface area contributed by atoms with Crippen molar-refractivity contribution >= 4 is 5.57 Å². The molecule has 1 nitrogen and oxygen atoms in total. The van der Waals surface area contributed by atoms with Gasteiger partial charge in [0, 0.05) is 0 Å². The van der Waals surface area contributed by atoms with Crippen LogP contribution in [0.5, 0.6) is 0 Å². The first-order valence-electron chi connectivity index (χ1n) is 6.80. The van der Waals surface area contributed by atoms with Crippen LogP contribution >= 0.6 is 0 Å². The molecule has 0 saturated carbocycles. The van der Waals surface area contributed by atoms with Gasteiger partial charge in [0.05, 0.1) is 0 Å². The Labute approximate surface area is 115 Å². The summed E-state index contributed by atoms with van der Waals surface area (Å²) in [7, 11) is 0. The van der Waals surface area contributed by atoms with Crippen LogP contribution in [0.15, 0.2) is 66.4 Å². The predicted octanol–water partition coefficient (Wildman–Crippen LogP) is 4.52. The molecule has 0 aliphatic heterocycles. The maximum absolute atomic E-state index is 5.56. The van der Waals surface area contributed by atoms with Crippen LogP contribution in [0.4, 0.5) is 0 Å². The van der Waals surface area contributed by atoms with Crippen molar-refractivity contribution in [2.75, 3.05) is 0 Å². The highest BCUT2D eigenvalue weighted by Gasteiger charge is 2.00. The Balaban J connectivity index is 2.17. The van der Waals surface area contributed by atoms with Gasteiger partial charge in [-0.3, -0.25) is 0 Å². The van der Waals surface area contributed by atoms with Crippen LogP contribution in [0.25, 0.3) is 5.57 Å². The molecule has 0 bridgehead atoms. The zero-order valence-electron chi connectivity index (χ0n) is 11.5. The minimum absolute atomic E-state index is 0.962. The molecule has 2 rings (SSSR count). The number of hydrogen-bond donors (Lipinski definition) is 1. The van der Waals surface area contributed by atoms with E-state index in [9.17, 15) is 0 Å². The van der Waals surface area contributed by atoms with E-state index < -0.39 is 0 Å². The molecule has 1 aliphatic carbocycles. The summed E-state index contributed by atoms with van der Waals surface area (Å²) >= 11 is 0. The van der Waals surface area contributed by atoms with Crippen molar-refractivity contribution in [1.82, 2.24) is 0 Å². The first kappa shape index (κ1) is 13.4. The normalized spacial score (nSPS) is 15.8. The molecule has 0 amide bonds. The molecular weight excluding hydrogens is 230 g/mol. The van der Waals surface area contributed by atoms with Crippen LogP contribution in [0.2, 0.25) is 0 Å². The Kier molecular flexibility index (Phi) is 4.79. The van der Waals surface area contributed by atoms with Gasteiger partial charge in [-0.25, -0.2) is 0 Å². The van der Waals surface area contributed by atoms with Gasteiger partial charge in [0.15, 0.2) is 0 Å². The summed E-state index contributed by atoms with van der Waals surface area (Å²) in [5.41, 5.74) is 10.6. The lowest BCUT2D eigenvalue weighted by molar-refractivity contribution is 1.00. The summed E-state index contributed by atoms with van der Waals surface area (Å²) < 4.78 is 0. The van der Waals surface area contributed by atoms with Crippen LogP contribution in [-0.2, 0) is 0 Å². The third-order valence-corrected chi connectivity index (χ3v) is 3.29. The highest BCUT2D eigenvalue weighted by Crippen LogP contribution is 2.20. The van der Waals surface area contributed by atoms with Gasteiger partial charge in [-0.15, -0.1) is 0 Å². The summed E-state index contributed by atoms with van der Waals surface area (Å²) in [6.07, 6.45) is 15.9. The molecule has 0 atom stereocenters. The van der Waals surface area contributed by atoms with E-state index in [1.165, 1.54) is 28.7 Å². The van der Waals surface area contributed by atoms with Crippen molar-refractivity contribution in [3.63, 3.8) is 0 Å². The number of rotatable bonds is 4. The molecule has 1 heteroatoms. The molecule has 98 valence electrons. The summed E-state index contributed by atoms with van der Waals surface area (Å²) in [5.74, 6) is 0. The Morgan fingerprint density at radius 1 is 1.21 bits per heavy atom. The Morgan fingerprint density at radius 2 is 2.00 bits per heavy atom. The lowest BCUT2D eigenvalue weighted by atomic mass is 9.99. The second kappa shape index (κ2) is 6.79. The summed E-state index contributed by atoms with van der Waals surface area (Å²) in [5, 5.41) is 0. The average molecular weight is 251 g/mol. The Morgan fingerprint density at radius 3 is 2.63 bits per heavy atom. The standard InChI is InChI=1S/C18H21N/c1-15-7-10-17(11-8-15)18(13-14-19)12-9-16-5-3-2-4-6-16/h3,5-8,10-14H,2,4,9,19H2,1H3/b14-13-,18-12+. The molecule has 0 unspecified atom stereocenters. The van der Waals surface area contributed by atoms with E-state index >= 15 is 0 Å².